The third-order valence-electron chi connectivity index (χ3n) is 2.20. The summed E-state index contributed by atoms with van der Waals surface area (Å²) in [6, 6.07) is 5.24. The molecule has 0 amide bonds. The molecule has 0 bridgehead atoms. The van der Waals surface area contributed by atoms with Gasteiger partial charge in [0.15, 0.2) is 5.15 Å². The molecule has 0 aliphatic heterocycles. The predicted octanol–water partition coefficient (Wildman–Crippen LogP) is 3.07. The Morgan fingerprint density at radius 3 is 2.89 bits per heavy atom. The van der Waals surface area contributed by atoms with Crippen LogP contribution in [0.1, 0.15) is 5.89 Å². The van der Waals surface area contributed by atoms with Crippen molar-refractivity contribution >= 4 is 23.4 Å². The van der Waals surface area contributed by atoms with Crippen LogP contribution in [0.15, 0.2) is 44.7 Å². The number of halogens is 1. The van der Waals surface area contributed by atoms with E-state index in [9.17, 15) is 0 Å². The van der Waals surface area contributed by atoms with Gasteiger partial charge in [-0.05, 0) is 18.2 Å². The zero-order valence-corrected chi connectivity index (χ0v) is 11.1. The van der Waals surface area contributed by atoms with E-state index in [1.807, 2.05) is 0 Å². The van der Waals surface area contributed by atoms with Crippen LogP contribution in [0.3, 0.4) is 0 Å². The highest BCUT2D eigenvalue weighted by molar-refractivity contribution is 7.98. The summed E-state index contributed by atoms with van der Waals surface area (Å²) >= 11 is 7.10. The van der Waals surface area contributed by atoms with E-state index in [-0.39, 0.29) is 0 Å². The van der Waals surface area contributed by atoms with Crippen molar-refractivity contribution in [1.29, 1.82) is 0 Å². The smallest absolute Gasteiger partial charge is 0.237 e. The van der Waals surface area contributed by atoms with Crippen LogP contribution in [0, 0.1) is 0 Å². The molecule has 0 aliphatic carbocycles. The molecule has 0 N–H and O–H groups in total. The van der Waals surface area contributed by atoms with Gasteiger partial charge in [0.2, 0.25) is 11.7 Å². The van der Waals surface area contributed by atoms with Gasteiger partial charge in [-0.2, -0.15) is 4.98 Å². The average molecular weight is 295 g/mol. The van der Waals surface area contributed by atoms with Crippen LogP contribution in [0.4, 0.5) is 0 Å². The summed E-state index contributed by atoms with van der Waals surface area (Å²) in [6.07, 6.45) is 3.12. The molecule has 0 atom stereocenters. The summed E-state index contributed by atoms with van der Waals surface area (Å²) in [6.45, 7) is 0. The van der Waals surface area contributed by atoms with Crippen LogP contribution in [-0.4, -0.2) is 20.3 Å². The van der Waals surface area contributed by atoms with Crippen molar-refractivity contribution in [1.82, 2.24) is 20.3 Å². The van der Waals surface area contributed by atoms with E-state index in [1.165, 1.54) is 11.8 Å². The standard InChI is InChI=1S/C11H7ClN4O2S/c12-8-1-2-10(15-14-8)19-6-9-13-11(16-18-9)7-3-4-17-5-7/h1-5H,6H2. The highest BCUT2D eigenvalue weighted by Crippen LogP contribution is 2.22. The van der Waals surface area contributed by atoms with Crippen molar-refractivity contribution in [3.63, 3.8) is 0 Å². The molecule has 3 heterocycles. The number of hydrogen-bond donors (Lipinski definition) is 0. The van der Waals surface area contributed by atoms with Crippen LogP contribution < -0.4 is 0 Å². The van der Waals surface area contributed by atoms with Gasteiger partial charge in [0, 0.05) is 0 Å². The Kier molecular flexibility index (Phi) is 3.47. The monoisotopic (exact) mass is 294 g/mol. The molecule has 3 rings (SSSR count). The van der Waals surface area contributed by atoms with E-state index in [1.54, 1.807) is 30.7 Å². The van der Waals surface area contributed by atoms with Crippen molar-refractivity contribution < 1.29 is 8.94 Å². The van der Waals surface area contributed by atoms with Gasteiger partial charge in [0.05, 0.1) is 17.6 Å². The molecule has 0 unspecified atom stereocenters. The number of rotatable bonds is 4. The lowest BCUT2D eigenvalue weighted by Gasteiger charge is -1.95. The minimum atomic E-state index is 0.365. The second-order valence-corrected chi connectivity index (χ2v) is 4.89. The Hall–Kier alpha value is -1.86. The molecule has 0 aromatic carbocycles. The maximum Gasteiger partial charge on any atom is 0.237 e. The van der Waals surface area contributed by atoms with Crippen molar-refractivity contribution in [2.24, 2.45) is 0 Å². The van der Waals surface area contributed by atoms with Gasteiger partial charge in [-0.3, -0.25) is 0 Å². The highest BCUT2D eigenvalue weighted by Gasteiger charge is 2.10. The number of thioether (sulfide) groups is 1. The van der Waals surface area contributed by atoms with Crippen molar-refractivity contribution in [3.8, 4) is 11.4 Å². The Balaban J connectivity index is 1.66. The fraction of sp³-hybridized carbons (Fsp3) is 0.0909. The van der Waals surface area contributed by atoms with E-state index in [0.29, 0.717) is 22.6 Å². The molecule has 0 fully saturated rings. The number of hydrogen-bond acceptors (Lipinski definition) is 7. The lowest BCUT2D eigenvalue weighted by Crippen LogP contribution is -1.86. The van der Waals surface area contributed by atoms with Crippen LogP contribution in [-0.2, 0) is 5.75 Å². The second-order valence-electron chi connectivity index (χ2n) is 3.51. The topological polar surface area (TPSA) is 77.8 Å². The fourth-order valence-corrected chi connectivity index (χ4v) is 2.09. The summed E-state index contributed by atoms with van der Waals surface area (Å²) in [4.78, 5) is 4.25. The average Bonchev–Trinajstić information content (AvgIpc) is 3.09. The zero-order chi connectivity index (χ0) is 13.1. The van der Waals surface area contributed by atoms with Gasteiger partial charge in [-0.25, -0.2) is 0 Å². The Morgan fingerprint density at radius 2 is 2.16 bits per heavy atom. The van der Waals surface area contributed by atoms with Crippen molar-refractivity contribution in [2.45, 2.75) is 10.8 Å². The highest BCUT2D eigenvalue weighted by atomic mass is 35.5. The van der Waals surface area contributed by atoms with Gasteiger partial charge in [0.1, 0.15) is 11.3 Å². The summed E-state index contributed by atoms with van der Waals surface area (Å²) in [7, 11) is 0. The quantitative estimate of drug-likeness (QED) is 0.684. The lowest BCUT2D eigenvalue weighted by atomic mass is 10.3. The fourth-order valence-electron chi connectivity index (χ4n) is 1.34. The predicted molar refractivity (Wildman–Crippen MR) is 68.6 cm³/mol. The molecule has 96 valence electrons. The van der Waals surface area contributed by atoms with Gasteiger partial charge in [-0.1, -0.05) is 28.5 Å². The largest absolute Gasteiger partial charge is 0.472 e. The first kappa shape index (κ1) is 12.2. The van der Waals surface area contributed by atoms with Gasteiger partial charge in [-0.15, -0.1) is 10.2 Å². The molecular formula is C11H7ClN4O2S. The van der Waals surface area contributed by atoms with Crippen LogP contribution in [0.5, 0.6) is 0 Å². The first-order valence-electron chi connectivity index (χ1n) is 5.28. The zero-order valence-electron chi connectivity index (χ0n) is 9.49. The molecule has 8 heteroatoms. The maximum atomic E-state index is 5.66. The van der Waals surface area contributed by atoms with Crippen molar-refractivity contribution in [3.05, 3.63) is 41.8 Å². The van der Waals surface area contributed by atoms with E-state index >= 15 is 0 Å². The first-order chi connectivity index (χ1) is 9.31. The van der Waals surface area contributed by atoms with Crippen LogP contribution in [0.25, 0.3) is 11.4 Å². The molecule has 3 aromatic heterocycles. The Bertz CT molecular complexity index is 654. The maximum absolute atomic E-state index is 5.66. The summed E-state index contributed by atoms with van der Waals surface area (Å²) in [5.41, 5.74) is 0.784. The van der Waals surface area contributed by atoms with E-state index in [4.69, 9.17) is 20.5 Å². The molecule has 0 saturated heterocycles. The van der Waals surface area contributed by atoms with Crippen molar-refractivity contribution in [2.75, 3.05) is 0 Å². The van der Waals surface area contributed by atoms with E-state index in [2.05, 4.69) is 20.3 Å². The molecule has 6 nitrogen and oxygen atoms in total. The van der Waals surface area contributed by atoms with Crippen LogP contribution in [0.2, 0.25) is 5.15 Å². The lowest BCUT2D eigenvalue weighted by molar-refractivity contribution is 0.391. The molecule has 0 spiro atoms. The number of nitrogens with zero attached hydrogens (tertiary/aromatic N) is 4. The Labute approximate surface area is 117 Å². The third-order valence-corrected chi connectivity index (χ3v) is 3.30. The number of furan rings is 1. The summed E-state index contributed by atoms with van der Waals surface area (Å²) in [5.74, 6) is 1.53. The number of aromatic nitrogens is 4. The molecule has 0 saturated carbocycles. The van der Waals surface area contributed by atoms with Gasteiger partial charge in [0.25, 0.3) is 0 Å². The second kappa shape index (κ2) is 5.41. The molecule has 19 heavy (non-hydrogen) atoms. The SMILES string of the molecule is Clc1ccc(SCc2nc(-c3ccoc3)no2)nn1. The van der Waals surface area contributed by atoms with E-state index < -0.39 is 0 Å². The minimum absolute atomic E-state index is 0.365. The first-order valence-corrected chi connectivity index (χ1v) is 6.65. The summed E-state index contributed by atoms with van der Waals surface area (Å²) < 4.78 is 10.1. The van der Waals surface area contributed by atoms with Gasteiger partial charge < -0.3 is 8.94 Å². The Morgan fingerprint density at radius 1 is 1.21 bits per heavy atom. The van der Waals surface area contributed by atoms with E-state index in [0.717, 1.165) is 10.6 Å². The normalized spacial score (nSPS) is 10.8. The molecular weight excluding hydrogens is 288 g/mol. The molecule has 3 aromatic rings. The summed E-state index contributed by atoms with van der Waals surface area (Å²) in [5, 5.41) is 12.7. The molecule has 0 aliphatic rings. The third kappa shape index (κ3) is 2.94. The minimum Gasteiger partial charge on any atom is -0.472 e. The molecule has 0 radical (unpaired) electrons. The van der Waals surface area contributed by atoms with Crippen LogP contribution >= 0.6 is 23.4 Å². The van der Waals surface area contributed by atoms with Gasteiger partial charge >= 0.3 is 0 Å².